The van der Waals surface area contributed by atoms with Crippen molar-refractivity contribution in [2.45, 2.75) is 32.7 Å². The van der Waals surface area contributed by atoms with E-state index in [4.69, 9.17) is 4.74 Å². The Balaban J connectivity index is 2.06. The predicted octanol–water partition coefficient (Wildman–Crippen LogP) is 3.33. The second-order valence-electron chi connectivity index (χ2n) is 5.79. The van der Waals surface area contributed by atoms with Crippen LogP contribution >= 0.6 is 15.9 Å². The van der Waals surface area contributed by atoms with Gasteiger partial charge in [0.05, 0.1) is 0 Å². The Morgan fingerprint density at radius 1 is 1.50 bits per heavy atom. The standard InChI is InChI=1S/C15H23BrN2O2/c1-11(2)18-10-13(16)8-14(18)15(19)17(3)9-12-4-6-20-7-5-12/h8,10-12H,4-7,9H2,1-3H3. The number of ether oxygens (including phenoxy) is 1. The number of amides is 1. The van der Waals surface area contributed by atoms with Crippen LogP contribution in [0, 0.1) is 5.92 Å². The van der Waals surface area contributed by atoms with Crippen LogP contribution in [0.25, 0.3) is 0 Å². The fourth-order valence-electron chi connectivity index (χ4n) is 2.64. The van der Waals surface area contributed by atoms with Crippen molar-refractivity contribution in [1.82, 2.24) is 9.47 Å². The van der Waals surface area contributed by atoms with E-state index in [9.17, 15) is 4.79 Å². The van der Waals surface area contributed by atoms with E-state index in [0.29, 0.717) is 5.92 Å². The SMILES string of the molecule is CC(C)n1cc(Br)cc1C(=O)N(C)CC1CCOCC1. The molecule has 1 aromatic heterocycles. The minimum absolute atomic E-state index is 0.0934. The van der Waals surface area contributed by atoms with Gasteiger partial charge < -0.3 is 14.2 Å². The van der Waals surface area contributed by atoms with Crippen LogP contribution in [-0.4, -0.2) is 42.2 Å². The lowest BCUT2D eigenvalue weighted by atomic mass is 10.00. The molecule has 20 heavy (non-hydrogen) atoms. The van der Waals surface area contributed by atoms with Crippen LogP contribution < -0.4 is 0 Å². The summed E-state index contributed by atoms with van der Waals surface area (Å²) in [7, 11) is 1.89. The van der Waals surface area contributed by atoms with Crippen molar-refractivity contribution in [2.75, 3.05) is 26.8 Å². The molecule has 1 fully saturated rings. The van der Waals surface area contributed by atoms with E-state index in [-0.39, 0.29) is 11.9 Å². The lowest BCUT2D eigenvalue weighted by Crippen LogP contribution is -2.35. The van der Waals surface area contributed by atoms with Gasteiger partial charge in [0.25, 0.3) is 5.91 Å². The van der Waals surface area contributed by atoms with E-state index in [1.807, 2.05) is 28.8 Å². The van der Waals surface area contributed by atoms with Gasteiger partial charge in [0.2, 0.25) is 0 Å². The van der Waals surface area contributed by atoms with Crippen molar-refractivity contribution < 1.29 is 9.53 Å². The molecule has 0 saturated carbocycles. The van der Waals surface area contributed by atoms with E-state index in [2.05, 4.69) is 29.8 Å². The maximum absolute atomic E-state index is 12.6. The van der Waals surface area contributed by atoms with Gasteiger partial charge in [-0.2, -0.15) is 0 Å². The van der Waals surface area contributed by atoms with Crippen LogP contribution in [0.5, 0.6) is 0 Å². The number of halogens is 1. The van der Waals surface area contributed by atoms with E-state index in [1.165, 1.54) is 0 Å². The van der Waals surface area contributed by atoms with Crippen molar-refractivity contribution in [3.63, 3.8) is 0 Å². The first-order valence-corrected chi connectivity index (χ1v) is 7.99. The summed E-state index contributed by atoms with van der Waals surface area (Å²) in [5, 5.41) is 0. The molecular formula is C15H23BrN2O2. The maximum atomic E-state index is 12.6. The van der Waals surface area contributed by atoms with Gasteiger partial charge >= 0.3 is 0 Å². The van der Waals surface area contributed by atoms with Crippen molar-refractivity contribution in [2.24, 2.45) is 5.92 Å². The Hall–Kier alpha value is -0.810. The molecule has 0 aliphatic carbocycles. The Kier molecular flexibility index (Phi) is 5.27. The quantitative estimate of drug-likeness (QED) is 0.840. The summed E-state index contributed by atoms with van der Waals surface area (Å²) >= 11 is 3.46. The van der Waals surface area contributed by atoms with Crippen molar-refractivity contribution >= 4 is 21.8 Å². The topological polar surface area (TPSA) is 34.5 Å². The molecule has 5 heteroatoms. The molecule has 1 amide bonds. The molecule has 1 saturated heterocycles. The lowest BCUT2D eigenvalue weighted by molar-refractivity contribution is 0.0493. The van der Waals surface area contributed by atoms with Crippen LogP contribution in [-0.2, 0) is 4.74 Å². The zero-order valence-corrected chi connectivity index (χ0v) is 14.0. The highest BCUT2D eigenvalue weighted by atomic mass is 79.9. The number of carbonyl (C=O) groups is 1. The molecule has 0 radical (unpaired) electrons. The van der Waals surface area contributed by atoms with Crippen molar-refractivity contribution in [1.29, 1.82) is 0 Å². The van der Waals surface area contributed by atoms with Gasteiger partial charge in [-0.05, 0) is 54.6 Å². The molecule has 0 atom stereocenters. The van der Waals surface area contributed by atoms with E-state index in [1.54, 1.807) is 0 Å². The highest BCUT2D eigenvalue weighted by Crippen LogP contribution is 2.22. The van der Waals surface area contributed by atoms with Gasteiger partial charge in [-0.25, -0.2) is 0 Å². The summed E-state index contributed by atoms with van der Waals surface area (Å²) in [6, 6.07) is 2.18. The normalized spacial score (nSPS) is 16.6. The zero-order valence-electron chi connectivity index (χ0n) is 12.4. The first-order chi connectivity index (χ1) is 9.49. The monoisotopic (exact) mass is 342 g/mol. The second-order valence-corrected chi connectivity index (χ2v) is 6.70. The summed E-state index contributed by atoms with van der Waals surface area (Å²) in [5.74, 6) is 0.652. The van der Waals surface area contributed by atoms with Crippen LogP contribution in [0.2, 0.25) is 0 Å². The molecule has 4 nitrogen and oxygen atoms in total. The number of aromatic nitrogens is 1. The Morgan fingerprint density at radius 3 is 2.75 bits per heavy atom. The summed E-state index contributed by atoms with van der Waals surface area (Å²) in [6.07, 6.45) is 4.07. The average Bonchev–Trinajstić information content (AvgIpc) is 2.81. The molecule has 0 N–H and O–H groups in total. The first kappa shape index (κ1) is 15.6. The van der Waals surface area contributed by atoms with Crippen LogP contribution in [0.1, 0.15) is 43.2 Å². The van der Waals surface area contributed by atoms with Crippen molar-refractivity contribution in [3.05, 3.63) is 22.4 Å². The van der Waals surface area contributed by atoms with E-state index >= 15 is 0 Å². The largest absolute Gasteiger partial charge is 0.381 e. The van der Waals surface area contributed by atoms with Crippen LogP contribution in [0.4, 0.5) is 0 Å². The third-order valence-electron chi connectivity index (χ3n) is 3.81. The maximum Gasteiger partial charge on any atom is 0.270 e. The van der Waals surface area contributed by atoms with Crippen LogP contribution in [0.3, 0.4) is 0 Å². The highest BCUT2D eigenvalue weighted by molar-refractivity contribution is 9.10. The second kappa shape index (κ2) is 6.76. The fraction of sp³-hybridized carbons (Fsp3) is 0.667. The van der Waals surface area contributed by atoms with E-state index < -0.39 is 0 Å². The fourth-order valence-corrected chi connectivity index (χ4v) is 3.08. The summed E-state index contributed by atoms with van der Waals surface area (Å²) in [4.78, 5) is 14.5. The van der Waals surface area contributed by atoms with Gasteiger partial charge in [0.1, 0.15) is 5.69 Å². The minimum Gasteiger partial charge on any atom is -0.381 e. The van der Waals surface area contributed by atoms with Gasteiger partial charge in [0, 0.05) is 43.5 Å². The first-order valence-electron chi connectivity index (χ1n) is 7.19. The smallest absolute Gasteiger partial charge is 0.270 e. The minimum atomic E-state index is 0.0934. The van der Waals surface area contributed by atoms with Crippen molar-refractivity contribution in [3.8, 4) is 0 Å². The van der Waals surface area contributed by atoms with Gasteiger partial charge in [-0.1, -0.05) is 0 Å². The molecule has 1 aromatic rings. The zero-order chi connectivity index (χ0) is 14.7. The van der Waals surface area contributed by atoms with Gasteiger partial charge in [-0.3, -0.25) is 4.79 Å². The van der Waals surface area contributed by atoms with Crippen LogP contribution in [0.15, 0.2) is 16.7 Å². The molecule has 0 spiro atoms. The third-order valence-corrected chi connectivity index (χ3v) is 4.24. The molecule has 2 rings (SSSR count). The molecule has 0 unspecified atom stereocenters. The Morgan fingerprint density at radius 2 is 2.15 bits per heavy atom. The third kappa shape index (κ3) is 3.64. The molecule has 2 heterocycles. The molecule has 112 valence electrons. The number of hydrogen-bond acceptors (Lipinski definition) is 2. The molecule has 0 bridgehead atoms. The molecule has 1 aliphatic heterocycles. The van der Waals surface area contributed by atoms with Gasteiger partial charge in [-0.15, -0.1) is 0 Å². The molecular weight excluding hydrogens is 320 g/mol. The molecule has 0 aromatic carbocycles. The Bertz CT molecular complexity index is 464. The lowest BCUT2D eigenvalue weighted by Gasteiger charge is -2.27. The summed E-state index contributed by atoms with van der Waals surface area (Å²) in [6.45, 7) is 6.62. The van der Waals surface area contributed by atoms with E-state index in [0.717, 1.165) is 42.8 Å². The Labute approximate surface area is 129 Å². The highest BCUT2D eigenvalue weighted by Gasteiger charge is 2.22. The van der Waals surface area contributed by atoms with Gasteiger partial charge in [0.15, 0.2) is 0 Å². The number of carbonyl (C=O) groups excluding carboxylic acids is 1. The number of nitrogens with zero attached hydrogens (tertiary/aromatic N) is 2. The summed E-state index contributed by atoms with van der Waals surface area (Å²) < 4.78 is 8.34. The predicted molar refractivity (Wildman–Crippen MR) is 83.0 cm³/mol. The number of hydrogen-bond donors (Lipinski definition) is 0. The summed E-state index contributed by atoms with van der Waals surface area (Å²) in [5.41, 5.74) is 0.751. The molecule has 1 aliphatic rings. The number of rotatable bonds is 4. The average molecular weight is 343 g/mol.